The fraction of sp³-hybridized carbons (Fsp3) is 0.600. The Hall–Kier alpha value is -0.910. The van der Waals surface area contributed by atoms with Gasteiger partial charge >= 0.3 is 0 Å². The Morgan fingerprint density at radius 1 is 1.25 bits per heavy atom. The van der Waals surface area contributed by atoms with Gasteiger partial charge < -0.3 is 14.8 Å². The molecule has 1 aromatic heterocycles. The van der Waals surface area contributed by atoms with E-state index in [2.05, 4.69) is 15.5 Å². The van der Waals surface area contributed by atoms with Crippen molar-refractivity contribution >= 4 is 17.4 Å². The number of hydrogen-bond acceptors (Lipinski definition) is 5. The molecule has 0 bridgehead atoms. The number of nitrogens with zero attached hydrogens (tertiary/aromatic N) is 2. The van der Waals surface area contributed by atoms with Crippen LogP contribution in [0.1, 0.15) is 6.42 Å². The van der Waals surface area contributed by atoms with Crippen molar-refractivity contribution in [3.8, 4) is 0 Å². The predicted molar refractivity (Wildman–Crippen MR) is 62.8 cm³/mol. The number of aromatic nitrogens is 2. The second kappa shape index (κ2) is 8.27. The van der Waals surface area contributed by atoms with E-state index in [-0.39, 0.29) is 0 Å². The second-order valence-electron chi connectivity index (χ2n) is 3.13. The molecule has 6 heteroatoms. The van der Waals surface area contributed by atoms with Gasteiger partial charge in [0.05, 0.1) is 13.2 Å². The van der Waals surface area contributed by atoms with Crippen LogP contribution in [-0.2, 0) is 9.47 Å². The van der Waals surface area contributed by atoms with Gasteiger partial charge in [0.25, 0.3) is 0 Å². The van der Waals surface area contributed by atoms with Crippen LogP contribution in [0.5, 0.6) is 0 Å². The first-order valence-corrected chi connectivity index (χ1v) is 5.50. The van der Waals surface area contributed by atoms with E-state index in [0.717, 1.165) is 18.8 Å². The Morgan fingerprint density at radius 2 is 2.12 bits per heavy atom. The molecular weight excluding hydrogens is 230 g/mol. The minimum atomic E-state index is 0.397. The van der Waals surface area contributed by atoms with Crippen molar-refractivity contribution in [2.24, 2.45) is 0 Å². The van der Waals surface area contributed by atoms with E-state index < -0.39 is 0 Å². The number of rotatable bonds is 8. The van der Waals surface area contributed by atoms with Crippen LogP contribution in [0.3, 0.4) is 0 Å². The van der Waals surface area contributed by atoms with Gasteiger partial charge in [0, 0.05) is 20.3 Å². The summed E-state index contributed by atoms with van der Waals surface area (Å²) in [6, 6.07) is 3.49. The number of halogens is 1. The van der Waals surface area contributed by atoms with Crippen molar-refractivity contribution in [2.45, 2.75) is 6.42 Å². The lowest BCUT2D eigenvalue weighted by Gasteiger charge is -2.05. The van der Waals surface area contributed by atoms with Crippen LogP contribution in [0.4, 0.5) is 5.82 Å². The summed E-state index contributed by atoms with van der Waals surface area (Å²) in [5, 5.41) is 11.1. The Morgan fingerprint density at radius 3 is 2.81 bits per heavy atom. The monoisotopic (exact) mass is 245 g/mol. The Kier molecular flexibility index (Phi) is 6.80. The van der Waals surface area contributed by atoms with E-state index in [1.54, 1.807) is 19.2 Å². The molecule has 0 fully saturated rings. The summed E-state index contributed by atoms with van der Waals surface area (Å²) in [6.07, 6.45) is 0.911. The van der Waals surface area contributed by atoms with Crippen molar-refractivity contribution in [3.63, 3.8) is 0 Å². The van der Waals surface area contributed by atoms with E-state index in [4.69, 9.17) is 21.1 Å². The van der Waals surface area contributed by atoms with Crippen molar-refractivity contribution in [1.29, 1.82) is 0 Å². The van der Waals surface area contributed by atoms with Gasteiger partial charge in [0.1, 0.15) is 5.82 Å². The zero-order chi connectivity index (χ0) is 11.6. The highest BCUT2D eigenvalue weighted by molar-refractivity contribution is 6.29. The fourth-order valence-corrected chi connectivity index (χ4v) is 1.15. The normalized spacial score (nSPS) is 10.4. The molecule has 5 nitrogen and oxygen atoms in total. The Bertz CT molecular complexity index is 282. The van der Waals surface area contributed by atoms with Gasteiger partial charge in [0.2, 0.25) is 0 Å². The fourth-order valence-electron chi connectivity index (χ4n) is 1.05. The summed E-state index contributed by atoms with van der Waals surface area (Å²) in [5.74, 6) is 0.723. The third kappa shape index (κ3) is 5.85. The maximum atomic E-state index is 5.61. The molecule has 0 radical (unpaired) electrons. The molecule has 1 aromatic rings. The molecular formula is C10H16ClN3O2. The van der Waals surface area contributed by atoms with Crippen LogP contribution in [0.15, 0.2) is 12.1 Å². The SMILES string of the molecule is COCCOCCCNc1ccc(Cl)nn1. The van der Waals surface area contributed by atoms with Crippen molar-refractivity contribution in [2.75, 3.05) is 38.8 Å². The highest BCUT2D eigenvalue weighted by Gasteiger charge is 1.94. The molecule has 0 atom stereocenters. The third-order valence-corrected chi connectivity index (χ3v) is 2.04. The van der Waals surface area contributed by atoms with Gasteiger partial charge in [-0.1, -0.05) is 11.6 Å². The average Bonchev–Trinajstić information content (AvgIpc) is 2.30. The summed E-state index contributed by atoms with van der Waals surface area (Å²) < 4.78 is 10.2. The lowest BCUT2D eigenvalue weighted by molar-refractivity contribution is 0.0705. The molecule has 0 amide bonds. The minimum absolute atomic E-state index is 0.397. The van der Waals surface area contributed by atoms with Crippen LogP contribution in [0.2, 0.25) is 5.15 Å². The van der Waals surface area contributed by atoms with Crippen molar-refractivity contribution in [1.82, 2.24) is 10.2 Å². The summed E-state index contributed by atoms with van der Waals surface area (Å²) in [4.78, 5) is 0. The topological polar surface area (TPSA) is 56.3 Å². The maximum Gasteiger partial charge on any atom is 0.151 e. The Balaban J connectivity index is 2.01. The highest BCUT2D eigenvalue weighted by Crippen LogP contribution is 2.05. The second-order valence-corrected chi connectivity index (χ2v) is 3.51. The van der Waals surface area contributed by atoms with E-state index in [1.165, 1.54) is 0 Å². The van der Waals surface area contributed by atoms with Gasteiger partial charge in [-0.25, -0.2) is 0 Å². The van der Waals surface area contributed by atoms with Crippen LogP contribution in [0.25, 0.3) is 0 Å². The van der Waals surface area contributed by atoms with Gasteiger partial charge in [-0.2, -0.15) is 0 Å². The molecule has 0 spiro atoms. The average molecular weight is 246 g/mol. The maximum absolute atomic E-state index is 5.61. The standard InChI is InChI=1S/C10H16ClN3O2/c1-15-7-8-16-6-2-5-12-10-4-3-9(11)13-14-10/h3-4H,2,5-8H2,1H3,(H,12,14). The number of anilines is 1. The lowest BCUT2D eigenvalue weighted by atomic mass is 10.4. The van der Waals surface area contributed by atoms with Gasteiger partial charge in [-0.05, 0) is 18.6 Å². The zero-order valence-corrected chi connectivity index (χ0v) is 10.0. The third-order valence-electron chi connectivity index (χ3n) is 1.84. The quantitative estimate of drug-likeness (QED) is 0.705. The minimum Gasteiger partial charge on any atom is -0.382 e. The molecule has 0 aliphatic rings. The number of hydrogen-bond donors (Lipinski definition) is 1. The molecule has 1 heterocycles. The van der Waals surface area contributed by atoms with Crippen LogP contribution in [0, 0.1) is 0 Å². The number of methoxy groups -OCH3 is 1. The van der Waals surface area contributed by atoms with E-state index >= 15 is 0 Å². The molecule has 1 rings (SSSR count). The van der Waals surface area contributed by atoms with Gasteiger partial charge in [0.15, 0.2) is 5.15 Å². The summed E-state index contributed by atoms with van der Waals surface area (Å²) in [6.45, 7) is 2.77. The molecule has 0 aliphatic heterocycles. The van der Waals surface area contributed by atoms with E-state index in [9.17, 15) is 0 Å². The molecule has 0 unspecified atom stereocenters. The summed E-state index contributed by atoms with van der Waals surface area (Å²) >= 11 is 5.61. The van der Waals surface area contributed by atoms with Gasteiger partial charge in [-0.3, -0.25) is 0 Å². The molecule has 0 aromatic carbocycles. The van der Waals surface area contributed by atoms with Crippen molar-refractivity contribution in [3.05, 3.63) is 17.3 Å². The molecule has 0 saturated carbocycles. The molecule has 0 aliphatic carbocycles. The largest absolute Gasteiger partial charge is 0.382 e. The predicted octanol–water partition coefficient (Wildman–Crippen LogP) is 1.59. The Labute approximate surface area is 100 Å². The molecule has 90 valence electrons. The van der Waals surface area contributed by atoms with E-state index in [0.29, 0.717) is 25.0 Å². The van der Waals surface area contributed by atoms with Crippen LogP contribution >= 0.6 is 11.6 Å². The summed E-state index contributed by atoms with van der Waals surface area (Å²) in [7, 11) is 1.66. The first kappa shape index (κ1) is 13.2. The van der Waals surface area contributed by atoms with Crippen LogP contribution in [-0.4, -0.2) is 43.7 Å². The first-order chi connectivity index (χ1) is 7.83. The van der Waals surface area contributed by atoms with Gasteiger partial charge in [-0.15, -0.1) is 10.2 Å². The molecule has 1 N–H and O–H groups in total. The summed E-state index contributed by atoms with van der Waals surface area (Å²) in [5.41, 5.74) is 0. The first-order valence-electron chi connectivity index (χ1n) is 5.12. The van der Waals surface area contributed by atoms with E-state index in [1.807, 2.05) is 0 Å². The number of ether oxygens (including phenoxy) is 2. The highest BCUT2D eigenvalue weighted by atomic mass is 35.5. The number of nitrogens with one attached hydrogen (secondary N) is 1. The lowest BCUT2D eigenvalue weighted by Crippen LogP contribution is -2.09. The van der Waals surface area contributed by atoms with Crippen molar-refractivity contribution < 1.29 is 9.47 Å². The van der Waals surface area contributed by atoms with Crippen LogP contribution < -0.4 is 5.32 Å². The zero-order valence-electron chi connectivity index (χ0n) is 9.28. The molecule has 16 heavy (non-hydrogen) atoms. The smallest absolute Gasteiger partial charge is 0.151 e. The molecule has 0 saturated heterocycles.